The fourth-order valence-electron chi connectivity index (χ4n) is 1.86. The number of fused-ring (bicyclic) bond motifs is 1. The van der Waals surface area contributed by atoms with Gasteiger partial charge in [-0.1, -0.05) is 6.07 Å². The molecule has 1 aliphatic rings. The van der Waals surface area contributed by atoms with Crippen molar-refractivity contribution in [2.45, 2.75) is 12.5 Å². The van der Waals surface area contributed by atoms with Crippen LogP contribution in [0.5, 0.6) is 11.5 Å². The molecule has 1 aromatic rings. The lowest BCUT2D eigenvalue weighted by molar-refractivity contribution is 0.0635. The minimum Gasteiger partial charge on any atom is -0.490 e. The highest BCUT2D eigenvalue weighted by molar-refractivity contribution is 5.44. The first-order chi connectivity index (χ1) is 9.31. The predicted octanol–water partition coefficient (Wildman–Crippen LogP) is 1.51. The van der Waals surface area contributed by atoms with Gasteiger partial charge in [0, 0.05) is 13.5 Å². The van der Waals surface area contributed by atoms with Crippen LogP contribution in [0.1, 0.15) is 18.0 Å². The Morgan fingerprint density at radius 3 is 2.79 bits per heavy atom. The third kappa shape index (κ3) is 4.09. The molecular formula is C14H21NO4. The van der Waals surface area contributed by atoms with Crippen LogP contribution in [0.25, 0.3) is 0 Å². The average Bonchev–Trinajstić information content (AvgIpc) is 2.67. The molecule has 0 amide bonds. The summed E-state index contributed by atoms with van der Waals surface area (Å²) < 4.78 is 21.6. The van der Waals surface area contributed by atoms with Crippen LogP contribution in [0.3, 0.4) is 0 Å². The number of nitrogens with two attached hydrogens (primary N) is 1. The van der Waals surface area contributed by atoms with E-state index in [9.17, 15) is 0 Å². The number of rotatable bonds is 6. The van der Waals surface area contributed by atoms with E-state index in [4.69, 9.17) is 24.7 Å². The van der Waals surface area contributed by atoms with Crippen molar-refractivity contribution < 1.29 is 18.9 Å². The molecule has 0 aromatic heterocycles. The van der Waals surface area contributed by atoms with E-state index >= 15 is 0 Å². The predicted molar refractivity (Wildman–Crippen MR) is 71.7 cm³/mol. The summed E-state index contributed by atoms with van der Waals surface area (Å²) in [7, 11) is 1.65. The molecule has 1 aliphatic heterocycles. The summed E-state index contributed by atoms with van der Waals surface area (Å²) >= 11 is 0. The first-order valence-corrected chi connectivity index (χ1v) is 6.53. The Morgan fingerprint density at radius 2 is 2.00 bits per heavy atom. The van der Waals surface area contributed by atoms with Gasteiger partial charge in [0.1, 0.15) is 0 Å². The van der Waals surface area contributed by atoms with Gasteiger partial charge in [0.05, 0.1) is 39.1 Å². The van der Waals surface area contributed by atoms with E-state index in [-0.39, 0.29) is 6.04 Å². The molecule has 0 bridgehead atoms. The van der Waals surface area contributed by atoms with Gasteiger partial charge in [-0.3, -0.25) is 0 Å². The van der Waals surface area contributed by atoms with Gasteiger partial charge in [-0.05, 0) is 17.7 Å². The van der Waals surface area contributed by atoms with Crippen LogP contribution in [0.4, 0.5) is 0 Å². The number of hydrogen-bond acceptors (Lipinski definition) is 5. The monoisotopic (exact) mass is 267 g/mol. The minimum atomic E-state index is -0.172. The van der Waals surface area contributed by atoms with E-state index in [1.165, 1.54) is 0 Å². The molecule has 1 heterocycles. The summed E-state index contributed by atoms with van der Waals surface area (Å²) in [6, 6.07) is 5.63. The van der Waals surface area contributed by atoms with Gasteiger partial charge in [0.25, 0.3) is 0 Å². The largest absolute Gasteiger partial charge is 0.490 e. The van der Waals surface area contributed by atoms with E-state index in [1.54, 1.807) is 7.11 Å². The van der Waals surface area contributed by atoms with Crippen molar-refractivity contribution >= 4 is 0 Å². The van der Waals surface area contributed by atoms with Crippen molar-refractivity contribution in [3.8, 4) is 11.5 Å². The number of methoxy groups -OCH3 is 1. The summed E-state index contributed by atoms with van der Waals surface area (Å²) in [6.45, 7) is 2.96. The Kier molecular flexibility index (Phi) is 5.44. The third-order valence-corrected chi connectivity index (χ3v) is 2.93. The zero-order chi connectivity index (χ0) is 13.5. The Morgan fingerprint density at radius 1 is 1.21 bits per heavy atom. The number of benzene rings is 1. The second-order valence-corrected chi connectivity index (χ2v) is 4.43. The fraction of sp³-hybridized carbons (Fsp3) is 0.571. The van der Waals surface area contributed by atoms with Gasteiger partial charge in [0.15, 0.2) is 11.5 Å². The molecule has 5 heteroatoms. The topological polar surface area (TPSA) is 62.9 Å². The lowest BCUT2D eigenvalue weighted by Crippen LogP contribution is -2.18. The Labute approximate surface area is 113 Å². The first kappa shape index (κ1) is 14.1. The maximum Gasteiger partial charge on any atom is 0.161 e. The zero-order valence-corrected chi connectivity index (χ0v) is 11.3. The standard InChI is InChI=1S/C14H21NO4/c1-16-7-8-17-10-12(15)11-3-4-13-14(9-11)19-6-2-5-18-13/h3-4,9,12H,2,5-8,10,15H2,1H3. The van der Waals surface area contributed by atoms with Crippen molar-refractivity contribution in [2.24, 2.45) is 5.73 Å². The maximum absolute atomic E-state index is 6.09. The molecular weight excluding hydrogens is 246 g/mol. The van der Waals surface area contributed by atoms with E-state index in [2.05, 4.69) is 0 Å². The lowest BCUT2D eigenvalue weighted by Gasteiger charge is -2.15. The lowest BCUT2D eigenvalue weighted by atomic mass is 10.1. The molecule has 0 fully saturated rings. The van der Waals surface area contributed by atoms with Crippen LogP contribution in [0.2, 0.25) is 0 Å². The summed E-state index contributed by atoms with van der Waals surface area (Å²) in [4.78, 5) is 0. The summed E-state index contributed by atoms with van der Waals surface area (Å²) in [5.41, 5.74) is 7.07. The van der Waals surface area contributed by atoms with E-state index in [1.807, 2.05) is 18.2 Å². The van der Waals surface area contributed by atoms with Crippen molar-refractivity contribution in [1.29, 1.82) is 0 Å². The van der Waals surface area contributed by atoms with Crippen LogP contribution in [0.15, 0.2) is 18.2 Å². The summed E-state index contributed by atoms with van der Waals surface area (Å²) in [5.74, 6) is 1.55. The van der Waals surface area contributed by atoms with Gasteiger partial charge >= 0.3 is 0 Å². The average molecular weight is 267 g/mol. The molecule has 5 nitrogen and oxygen atoms in total. The minimum absolute atomic E-state index is 0.172. The first-order valence-electron chi connectivity index (χ1n) is 6.53. The van der Waals surface area contributed by atoms with Crippen molar-refractivity contribution in [2.75, 3.05) is 40.1 Å². The molecule has 2 N–H and O–H groups in total. The molecule has 0 aliphatic carbocycles. The summed E-state index contributed by atoms with van der Waals surface area (Å²) in [6.07, 6.45) is 0.899. The van der Waals surface area contributed by atoms with Gasteiger partial charge in [0.2, 0.25) is 0 Å². The molecule has 0 spiro atoms. The third-order valence-electron chi connectivity index (χ3n) is 2.93. The van der Waals surface area contributed by atoms with Crippen molar-refractivity contribution in [1.82, 2.24) is 0 Å². The molecule has 1 atom stereocenters. The highest BCUT2D eigenvalue weighted by atomic mass is 16.5. The van der Waals surface area contributed by atoms with Gasteiger partial charge in [-0.25, -0.2) is 0 Å². The second kappa shape index (κ2) is 7.33. The quantitative estimate of drug-likeness (QED) is 0.792. The molecule has 0 saturated carbocycles. The molecule has 1 aromatic carbocycles. The zero-order valence-electron chi connectivity index (χ0n) is 11.3. The molecule has 0 radical (unpaired) electrons. The van der Waals surface area contributed by atoms with Crippen LogP contribution in [-0.2, 0) is 9.47 Å². The molecule has 1 unspecified atom stereocenters. The Balaban J connectivity index is 1.94. The second-order valence-electron chi connectivity index (χ2n) is 4.43. The normalized spacial score (nSPS) is 15.9. The molecule has 0 saturated heterocycles. The molecule has 2 rings (SSSR count). The van der Waals surface area contributed by atoms with Crippen LogP contribution in [0, 0.1) is 0 Å². The van der Waals surface area contributed by atoms with E-state index < -0.39 is 0 Å². The fourth-order valence-corrected chi connectivity index (χ4v) is 1.86. The molecule has 19 heavy (non-hydrogen) atoms. The van der Waals surface area contributed by atoms with Gasteiger partial charge in [-0.2, -0.15) is 0 Å². The highest BCUT2D eigenvalue weighted by Gasteiger charge is 2.13. The molecule has 106 valence electrons. The number of hydrogen-bond donors (Lipinski definition) is 1. The van der Waals surface area contributed by atoms with Gasteiger partial charge in [-0.15, -0.1) is 0 Å². The SMILES string of the molecule is COCCOCC(N)c1ccc2c(c1)OCCCO2. The van der Waals surface area contributed by atoms with Gasteiger partial charge < -0.3 is 24.7 Å². The van der Waals surface area contributed by atoms with Crippen LogP contribution < -0.4 is 15.2 Å². The summed E-state index contributed by atoms with van der Waals surface area (Å²) in [5, 5.41) is 0. The Hall–Kier alpha value is -1.30. The van der Waals surface area contributed by atoms with Crippen molar-refractivity contribution in [3.05, 3.63) is 23.8 Å². The maximum atomic E-state index is 6.09. The van der Waals surface area contributed by atoms with Crippen LogP contribution >= 0.6 is 0 Å². The highest BCUT2D eigenvalue weighted by Crippen LogP contribution is 2.31. The number of ether oxygens (including phenoxy) is 4. The van der Waals surface area contributed by atoms with E-state index in [0.717, 1.165) is 23.5 Å². The van der Waals surface area contributed by atoms with E-state index in [0.29, 0.717) is 33.0 Å². The smallest absolute Gasteiger partial charge is 0.161 e. The van der Waals surface area contributed by atoms with Crippen molar-refractivity contribution in [3.63, 3.8) is 0 Å². The van der Waals surface area contributed by atoms with Crippen LogP contribution in [-0.4, -0.2) is 40.1 Å². The Bertz CT molecular complexity index is 397.